The van der Waals surface area contributed by atoms with Crippen LogP contribution in [-0.4, -0.2) is 36.5 Å². The lowest BCUT2D eigenvalue weighted by Gasteiger charge is -2.18. The second-order valence-corrected chi connectivity index (χ2v) is 3.80. The van der Waals surface area contributed by atoms with Crippen LogP contribution in [0.3, 0.4) is 0 Å². The maximum absolute atomic E-state index is 5.37. The Balaban J connectivity index is 1.85. The van der Waals surface area contributed by atoms with Gasteiger partial charge in [0.25, 0.3) is 5.89 Å². The van der Waals surface area contributed by atoms with Crippen LogP contribution >= 0.6 is 0 Å². The number of nitrogens with zero attached hydrogens (tertiary/aromatic N) is 2. The smallest absolute Gasteiger partial charge is 0.252 e. The van der Waals surface area contributed by atoms with Crippen LogP contribution in [0, 0.1) is 0 Å². The molecule has 0 spiro atoms. The lowest BCUT2D eigenvalue weighted by atomic mass is 10.0. The Hall–Kier alpha value is -0.980. The molecule has 2 N–H and O–H groups in total. The van der Waals surface area contributed by atoms with Crippen molar-refractivity contribution < 1.29 is 14.0 Å². The molecule has 1 aromatic rings. The van der Waals surface area contributed by atoms with E-state index >= 15 is 0 Å². The second kappa shape index (κ2) is 5.93. The fraction of sp³-hybridized carbons (Fsp3) is 0.800. The fourth-order valence-corrected chi connectivity index (χ4v) is 1.68. The Labute approximate surface area is 94.1 Å². The van der Waals surface area contributed by atoms with Crippen LogP contribution in [0.1, 0.15) is 30.5 Å². The van der Waals surface area contributed by atoms with E-state index in [-0.39, 0.29) is 5.92 Å². The predicted octanol–water partition coefficient (Wildman–Crippen LogP) is 0.439. The van der Waals surface area contributed by atoms with Crippen LogP contribution in [0.5, 0.6) is 0 Å². The first kappa shape index (κ1) is 11.5. The van der Waals surface area contributed by atoms with Gasteiger partial charge < -0.3 is 19.7 Å². The highest BCUT2D eigenvalue weighted by atomic mass is 16.5. The largest absolute Gasteiger partial charge is 0.381 e. The first-order valence-corrected chi connectivity index (χ1v) is 5.58. The third-order valence-electron chi connectivity index (χ3n) is 2.50. The van der Waals surface area contributed by atoms with E-state index in [1.165, 1.54) is 0 Å². The summed E-state index contributed by atoms with van der Waals surface area (Å²) in [7, 11) is 0. The molecule has 1 aliphatic rings. The van der Waals surface area contributed by atoms with E-state index in [1.54, 1.807) is 0 Å². The minimum atomic E-state index is 0.265. The zero-order chi connectivity index (χ0) is 11.2. The lowest BCUT2D eigenvalue weighted by Crippen LogP contribution is -2.16. The van der Waals surface area contributed by atoms with Gasteiger partial charge in [-0.2, -0.15) is 4.98 Å². The summed E-state index contributed by atoms with van der Waals surface area (Å²) in [6.45, 7) is 2.85. The Morgan fingerprint density at radius 3 is 3.19 bits per heavy atom. The topological polar surface area (TPSA) is 83.4 Å². The van der Waals surface area contributed by atoms with Gasteiger partial charge in [0.05, 0.1) is 13.2 Å². The molecule has 0 radical (unpaired) electrons. The van der Waals surface area contributed by atoms with Gasteiger partial charge in [0.2, 0.25) is 0 Å². The van der Waals surface area contributed by atoms with Gasteiger partial charge in [0.1, 0.15) is 6.61 Å². The Kier molecular flexibility index (Phi) is 4.26. The number of nitrogens with two attached hydrogens (primary N) is 1. The summed E-state index contributed by atoms with van der Waals surface area (Å²) in [5.74, 6) is 1.50. The van der Waals surface area contributed by atoms with Crippen molar-refractivity contribution in [1.29, 1.82) is 0 Å². The van der Waals surface area contributed by atoms with Crippen molar-refractivity contribution >= 4 is 0 Å². The van der Waals surface area contributed by atoms with Gasteiger partial charge in [-0.3, -0.25) is 0 Å². The van der Waals surface area contributed by atoms with E-state index in [4.69, 9.17) is 19.7 Å². The zero-order valence-electron chi connectivity index (χ0n) is 9.22. The first-order valence-electron chi connectivity index (χ1n) is 5.58. The summed E-state index contributed by atoms with van der Waals surface area (Å²) in [5, 5.41) is 3.94. The van der Waals surface area contributed by atoms with Gasteiger partial charge in [-0.25, -0.2) is 0 Å². The molecule has 16 heavy (non-hydrogen) atoms. The van der Waals surface area contributed by atoms with E-state index in [0.29, 0.717) is 32.3 Å². The molecule has 1 fully saturated rings. The van der Waals surface area contributed by atoms with Crippen molar-refractivity contribution in [3.63, 3.8) is 0 Å². The van der Waals surface area contributed by atoms with Gasteiger partial charge in [0, 0.05) is 19.1 Å². The normalized spacial score (nSPS) is 21.2. The monoisotopic (exact) mass is 227 g/mol. The molecule has 0 aromatic carbocycles. The van der Waals surface area contributed by atoms with Crippen LogP contribution in [0.25, 0.3) is 0 Å². The summed E-state index contributed by atoms with van der Waals surface area (Å²) in [4.78, 5) is 4.28. The van der Waals surface area contributed by atoms with Gasteiger partial charge >= 0.3 is 0 Å². The molecule has 0 amide bonds. The van der Waals surface area contributed by atoms with E-state index in [9.17, 15) is 0 Å². The molecule has 6 heteroatoms. The summed E-state index contributed by atoms with van der Waals surface area (Å²) in [5.41, 5.74) is 5.31. The molecule has 2 rings (SSSR count). The molecule has 0 saturated carbocycles. The van der Waals surface area contributed by atoms with Crippen LogP contribution in [-0.2, 0) is 16.1 Å². The molecule has 0 aliphatic carbocycles. The molecule has 1 unspecified atom stereocenters. The van der Waals surface area contributed by atoms with Crippen molar-refractivity contribution in [3.05, 3.63) is 11.7 Å². The Morgan fingerprint density at radius 1 is 1.50 bits per heavy atom. The predicted molar refractivity (Wildman–Crippen MR) is 55.8 cm³/mol. The highest BCUT2D eigenvalue weighted by Crippen LogP contribution is 2.22. The third-order valence-corrected chi connectivity index (χ3v) is 2.50. The highest BCUT2D eigenvalue weighted by molar-refractivity contribution is 4.96. The van der Waals surface area contributed by atoms with E-state index in [0.717, 1.165) is 25.3 Å². The maximum Gasteiger partial charge on any atom is 0.252 e. The number of hydrogen-bond donors (Lipinski definition) is 1. The van der Waals surface area contributed by atoms with Gasteiger partial charge in [-0.1, -0.05) is 5.16 Å². The van der Waals surface area contributed by atoms with Crippen LogP contribution in [0.2, 0.25) is 0 Å². The molecular weight excluding hydrogens is 210 g/mol. The van der Waals surface area contributed by atoms with Gasteiger partial charge in [-0.05, 0) is 12.8 Å². The minimum absolute atomic E-state index is 0.265. The average molecular weight is 227 g/mol. The molecule has 1 saturated heterocycles. The molecular formula is C10H17N3O3. The molecule has 90 valence electrons. The number of rotatable bonds is 5. The summed E-state index contributed by atoms with van der Waals surface area (Å²) < 4.78 is 15.7. The second-order valence-electron chi connectivity index (χ2n) is 3.80. The standard InChI is InChI=1S/C10H17N3O3/c11-3-5-15-7-9-12-10(13-16-9)8-2-1-4-14-6-8/h8H,1-7,11H2. The molecule has 0 bridgehead atoms. The van der Waals surface area contributed by atoms with Crippen molar-refractivity contribution in [2.75, 3.05) is 26.4 Å². The third kappa shape index (κ3) is 3.01. The quantitative estimate of drug-likeness (QED) is 0.735. The van der Waals surface area contributed by atoms with Crippen LogP contribution in [0.15, 0.2) is 4.52 Å². The number of ether oxygens (including phenoxy) is 2. The van der Waals surface area contributed by atoms with Crippen LogP contribution in [0.4, 0.5) is 0 Å². The van der Waals surface area contributed by atoms with E-state index in [2.05, 4.69) is 10.1 Å². The molecule has 1 aromatic heterocycles. The van der Waals surface area contributed by atoms with E-state index in [1.807, 2.05) is 0 Å². The van der Waals surface area contributed by atoms with Gasteiger partial charge in [0.15, 0.2) is 5.82 Å². The Morgan fingerprint density at radius 2 is 2.44 bits per heavy atom. The van der Waals surface area contributed by atoms with Crippen molar-refractivity contribution in [2.45, 2.75) is 25.4 Å². The molecule has 1 atom stereocenters. The van der Waals surface area contributed by atoms with Crippen molar-refractivity contribution in [3.8, 4) is 0 Å². The van der Waals surface area contributed by atoms with Crippen molar-refractivity contribution in [1.82, 2.24) is 10.1 Å². The average Bonchev–Trinajstić information content (AvgIpc) is 2.79. The van der Waals surface area contributed by atoms with Crippen LogP contribution < -0.4 is 5.73 Å². The van der Waals surface area contributed by atoms with E-state index < -0.39 is 0 Å². The molecule has 6 nitrogen and oxygen atoms in total. The van der Waals surface area contributed by atoms with Crippen molar-refractivity contribution in [2.24, 2.45) is 5.73 Å². The SMILES string of the molecule is NCCOCc1nc(C2CCCOC2)no1. The number of hydrogen-bond acceptors (Lipinski definition) is 6. The van der Waals surface area contributed by atoms with Gasteiger partial charge in [-0.15, -0.1) is 0 Å². The Bertz CT molecular complexity index is 310. The molecule has 2 heterocycles. The summed E-state index contributed by atoms with van der Waals surface area (Å²) in [6.07, 6.45) is 2.11. The minimum Gasteiger partial charge on any atom is -0.381 e. The summed E-state index contributed by atoms with van der Waals surface area (Å²) in [6, 6.07) is 0. The zero-order valence-corrected chi connectivity index (χ0v) is 9.22. The number of aromatic nitrogens is 2. The highest BCUT2D eigenvalue weighted by Gasteiger charge is 2.21. The lowest BCUT2D eigenvalue weighted by molar-refractivity contribution is 0.0773. The fourth-order valence-electron chi connectivity index (χ4n) is 1.68. The summed E-state index contributed by atoms with van der Waals surface area (Å²) >= 11 is 0. The first-order chi connectivity index (χ1) is 7.90. The maximum atomic E-state index is 5.37. The molecule has 1 aliphatic heterocycles.